The van der Waals surface area contributed by atoms with E-state index in [0.717, 1.165) is 55.5 Å². The number of nitrogens with one attached hydrogen (secondary N) is 1. The first-order valence-electron chi connectivity index (χ1n) is 11.3. The second-order valence-corrected chi connectivity index (χ2v) is 8.13. The summed E-state index contributed by atoms with van der Waals surface area (Å²) in [5.41, 5.74) is 3.98. The van der Waals surface area contributed by atoms with Crippen LogP contribution in [-0.4, -0.2) is 51.2 Å². The van der Waals surface area contributed by atoms with E-state index in [1.165, 1.54) is 5.56 Å². The van der Waals surface area contributed by atoms with Gasteiger partial charge in [0.05, 0.1) is 19.9 Å². The fourth-order valence-electron chi connectivity index (χ4n) is 4.18. The van der Waals surface area contributed by atoms with E-state index < -0.39 is 0 Å². The molecule has 1 amide bonds. The molecule has 4 rings (SSSR count). The number of benzene rings is 3. The molecule has 3 aromatic rings. The van der Waals surface area contributed by atoms with Gasteiger partial charge < -0.3 is 19.7 Å². The lowest BCUT2D eigenvalue weighted by Gasteiger charge is -2.36. The molecule has 1 aliphatic heterocycles. The van der Waals surface area contributed by atoms with Crippen LogP contribution in [0.1, 0.15) is 21.5 Å². The van der Waals surface area contributed by atoms with Crippen LogP contribution >= 0.6 is 0 Å². The monoisotopic (exact) mass is 445 g/mol. The number of anilines is 1. The van der Waals surface area contributed by atoms with Gasteiger partial charge in [-0.2, -0.15) is 0 Å². The predicted molar refractivity (Wildman–Crippen MR) is 131 cm³/mol. The number of carbonyl (C=O) groups excluding carboxylic acids is 1. The minimum Gasteiger partial charge on any atom is -0.496 e. The van der Waals surface area contributed by atoms with E-state index in [2.05, 4.69) is 27.2 Å². The van der Waals surface area contributed by atoms with Gasteiger partial charge in [0.15, 0.2) is 0 Å². The highest BCUT2D eigenvalue weighted by Crippen LogP contribution is 2.28. The van der Waals surface area contributed by atoms with Crippen molar-refractivity contribution in [1.82, 2.24) is 10.2 Å². The molecule has 1 saturated heterocycles. The van der Waals surface area contributed by atoms with Crippen LogP contribution in [0.25, 0.3) is 0 Å². The van der Waals surface area contributed by atoms with Crippen molar-refractivity contribution in [2.24, 2.45) is 0 Å². The molecule has 0 atom stereocenters. The van der Waals surface area contributed by atoms with Crippen molar-refractivity contribution in [1.29, 1.82) is 0 Å². The van der Waals surface area contributed by atoms with Gasteiger partial charge in [-0.15, -0.1) is 0 Å². The Bertz CT molecular complexity index is 1060. The van der Waals surface area contributed by atoms with Crippen molar-refractivity contribution in [2.45, 2.75) is 13.1 Å². The molecule has 0 aliphatic carbocycles. The van der Waals surface area contributed by atoms with Crippen LogP contribution in [0.3, 0.4) is 0 Å². The van der Waals surface area contributed by atoms with Crippen LogP contribution in [0.5, 0.6) is 11.5 Å². The Labute approximate surface area is 195 Å². The zero-order valence-corrected chi connectivity index (χ0v) is 19.3. The number of methoxy groups -OCH3 is 2. The van der Waals surface area contributed by atoms with Gasteiger partial charge in [-0.1, -0.05) is 42.5 Å². The molecule has 0 unspecified atom stereocenters. The van der Waals surface area contributed by atoms with Gasteiger partial charge >= 0.3 is 0 Å². The average molecular weight is 446 g/mol. The predicted octanol–water partition coefficient (Wildman–Crippen LogP) is 3.96. The highest BCUT2D eigenvalue weighted by molar-refractivity contribution is 5.94. The van der Waals surface area contributed by atoms with Gasteiger partial charge in [-0.05, 0) is 35.9 Å². The summed E-state index contributed by atoms with van der Waals surface area (Å²) < 4.78 is 10.9. The van der Waals surface area contributed by atoms with Gasteiger partial charge in [-0.3, -0.25) is 9.69 Å². The van der Waals surface area contributed by atoms with Gasteiger partial charge in [0, 0.05) is 50.4 Å². The molecule has 0 spiro atoms. The molecule has 6 nitrogen and oxygen atoms in total. The van der Waals surface area contributed by atoms with Crippen LogP contribution in [0.4, 0.5) is 5.69 Å². The maximum Gasteiger partial charge on any atom is 0.251 e. The van der Waals surface area contributed by atoms with Crippen molar-refractivity contribution >= 4 is 11.6 Å². The molecule has 1 heterocycles. The Kier molecular flexibility index (Phi) is 7.47. The molecule has 0 saturated carbocycles. The molecule has 1 fully saturated rings. The zero-order chi connectivity index (χ0) is 23.0. The van der Waals surface area contributed by atoms with E-state index in [-0.39, 0.29) is 5.91 Å². The first-order valence-corrected chi connectivity index (χ1v) is 11.3. The summed E-state index contributed by atoms with van der Waals surface area (Å²) in [5.74, 6) is 1.61. The first-order chi connectivity index (χ1) is 16.2. The van der Waals surface area contributed by atoms with E-state index in [4.69, 9.17) is 9.47 Å². The van der Waals surface area contributed by atoms with Gasteiger partial charge in [-0.25, -0.2) is 0 Å². The van der Waals surface area contributed by atoms with E-state index in [0.29, 0.717) is 12.1 Å². The second kappa shape index (κ2) is 10.9. The Balaban J connectivity index is 1.28. The first kappa shape index (κ1) is 22.7. The topological polar surface area (TPSA) is 54.0 Å². The largest absolute Gasteiger partial charge is 0.496 e. The lowest BCUT2D eigenvalue weighted by Crippen LogP contribution is -2.46. The third-order valence-electron chi connectivity index (χ3n) is 6.05. The number of nitrogens with zero attached hydrogens (tertiary/aromatic N) is 2. The molecule has 0 aromatic heterocycles. The molecule has 0 bridgehead atoms. The molecular formula is C27H31N3O3. The van der Waals surface area contributed by atoms with Gasteiger partial charge in [0.2, 0.25) is 0 Å². The second-order valence-electron chi connectivity index (χ2n) is 8.13. The summed E-state index contributed by atoms with van der Waals surface area (Å²) in [6.45, 7) is 5.20. The SMILES string of the molecule is COc1ccccc1CNC(=O)c1ccc(CN2CCN(c3ccccc3OC)CC2)cc1. The number of piperazine rings is 1. The van der Waals surface area contributed by atoms with Gasteiger partial charge in [0.1, 0.15) is 11.5 Å². The zero-order valence-electron chi connectivity index (χ0n) is 19.3. The number of carbonyl (C=O) groups is 1. The maximum atomic E-state index is 12.6. The molecular weight excluding hydrogens is 414 g/mol. The summed E-state index contributed by atoms with van der Waals surface area (Å²) in [5, 5.41) is 2.98. The maximum absolute atomic E-state index is 12.6. The van der Waals surface area contributed by atoms with Crippen LogP contribution in [0.2, 0.25) is 0 Å². The summed E-state index contributed by atoms with van der Waals surface area (Å²) in [6.07, 6.45) is 0. The number of hydrogen-bond acceptors (Lipinski definition) is 5. The molecule has 6 heteroatoms. The fourth-order valence-corrected chi connectivity index (χ4v) is 4.18. The van der Waals surface area contributed by atoms with Crippen molar-refractivity contribution in [3.63, 3.8) is 0 Å². The molecule has 1 aliphatic rings. The lowest BCUT2D eigenvalue weighted by molar-refractivity contribution is 0.0950. The molecule has 1 N–H and O–H groups in total. The van der Waals surface area contributed by atoms with Crippen molar-refractivity contribution in [3.05, 3.63) is 89.5 Å². The van der Waals surface area contributed by atoms with Gasteiger partial charge in [0.25, 0.3) is 5.91 Å². The molecule has 0 radical (unpaired) electrons. The molecule has 3 aromatic carbocycles. The number of hydrogen-bond donors (Lipinski definition) is 1. The number of ether oxygens (including phenoxy) is 2. The van der Waals surface area contributed by atoms with Crippen LogP contribution < -0.4 is 19.7 Å². The quantitative estimate of drug-likeness (QED) is 0.569. The van der Waals surface area contributed by atoms with Crippen LogP contribution in [0, 0.1) is 0 Å². The van der Waals surface area contributed by atoms with Crippen molar-refractivity contribution in [2.75, 3.05) is 45.3 Å². The lowest BCUT2D eigenvalue weighted by atomic mass is 10.1. The number of amides is 1. The molecule has 172 valence electrons. The summed E-state index contributed by atoms with van der Waals surface area (Å²) in [4.78, 5) is 17.4. The summed E-state index contributed by atoms with van der Waals surface area (Å²) >= 11 is 0. The highest BCUT2D eigenvalue weighted by atomic mass is 16.5. The minimum atomic E-state index is -0.0853. The highest BCUT2D eigenvalue weighted by Gasteiger charge is 2.19. The minimum absolute atomic E-state index is 0.0853. The number of para-hydroxylation sites is 3. The van der Waals surface area contributed by atoms with E-state index in [1.807, 2.05) is 60.7 Å². The fraction of sp³-hybridized carbons (Fsp3) is 0.296. The van der Waals surface area contributed by atoms with E-state index in [1.54, 1.807) is 14.2 Å². The van der Waals surface area contributed by atoms with Crippen LogP contribution in [-0.2, 0) is 13.1 Å². The average Bonchev–Trinajstić information content (AvgIpc) is 2.88. The Morgan fingerprint density at radius 2 is 1.45 bits per heavy atom. The third kappa shape index (κ3) is 5.65. The van der Waals surface area contributed by atoms with E-state index in [9.17, 15) is 4.79 Å². The molecule has 33 heavy (non-hydrogen) atoms. The van der Waals surface area contributed by atoms with Crippen molar-refractivity contribution in [3.8, 4) is 11.5 Å². The standard InChI is InChI=1S/C27H31N3O3/c1-32-25-9-5-3-7-23(25)19-28-27(31)22-13-11-21(12-14-22)20-29-15-17-30(18-16-29)24-8-4-6-10-26(24)33-2/h3-14H,15-20H2,1-2H3,(H,28,31). The Morgan fingerprint density at radius 1 is 0.818 bits per heavy atom. The Hall–Kier alpha value is -3.51. The third-order valence-corrected chi connectivity index (χ3v) is 6.05. The van der Waals surface area contributed by atoms with Crippen LogP contribution in [0.15, 0.2) is 72.8 Å². The van der Waals surface area contributed by atoms with Crippen molar-refractivity contribution < 1.29 is 14.3 Å². The summed E-state index contributed by atoms with van der Waals surface area (Å²) in [6, 6.07) is 23.8. The number of rotatable bonds is 8. The summed E-state index contributed by atoms with van der Waals surface area (Å²) in [7, 11) is 3.36. The normalized spacial score (nSPS) is 14.1. The Morgan fingerprint density at radius 3 is 2.15 bits per heavy atom. The van der Waals surface area contributed by atoms with E-state index >= 15 is 0 Å². The smallest absolute Gasteiger partial charge is 0.251 e.